The zero-order valence-electron chi connectivity index (χ0n) is 16.7. The van der Waals surface area contributed by atoms with E-state index in [0.717, 1.165) is 22.0 Å². The second-order valence-electron chi connectivity index (χ2n) is 6.95. The van der Waals surface area contributed by atoms with Crippen molar-refractivity contribution >= 4 is 50.2 Å². The molecule has 5 rings (SSSR count). The van der Waals surface area contributed by atoms with Gasteiger partial charge in [0.05, 0.1) is 16.8 Å². The summed E-state index contributed by atoms with van der Waals surface area (Å²) in [6.07, 6.45) is 3.05. The van der Waals surface area contributed by atoms with Gasteiger partial charge in [0.15, 0.2) is 11.7 Å². The van der Waals surface area contributed by atoms with Crippen molar-refractivity contribution in [1.29, 1.82) is 0 Å². The number of nitrogens with one attached hydrogen (secondary N) is 1. The van der Waals surface area contributed by atoms with Crippen molar-refractivity contribution in [2.45, 2.75) is 0 Å². The number of amides is 1. The molecule has 32 heavy (non-hydrogen) atoms. The van der Waals surface area contributed by atoms with Gasteiger partial charge in [-0.1, -0.05) is 42.5 Å². The highest BCUT2D eigenvalue weighted by Crippen LogP contribution is 2.27. The molecule has 3 aromatic carbocycles. The van der Waals surface area contributed by atoms with Crippen LogP contribution in [-0.2, 0) is 9.53 Å². The minimum Gasteiger partial charge on any atom is -0.452 e. The van der Waals surface area contributed by atoms with Crippen LogP contribution in [0.25, 0.3) is 33.1 Å². The fourth-order valence-corrected chi connectivity index (χ4v) is 4.07. The molecule has 0 aliphatic carbocycles. The Bertz CT molecular complexity index is 1460. The standard InChI is InChI=1S/C24H16N4O3S/c29-21(13-31-23(30)18-6-3-7-19-22(18)26-11-10-25-19)28-24-27-20(14-32-24)17-9-8-15-4-1-2-5-16(15)12-17/h1-12,14H,13H2,(H,27,28,29). The van der Waals surface area contributed by atoms with Gasteiger partial charge in [-0.05, 0) is 29.0 Å². The van der Waals surface area contributed by atoms with Crippen LogP contribution < -0.4 is 5.32 Å². The number of ether oxygens (including phenoxy) is 1. The molecule has 0 unspecified atom stereocenters. The van der Waals surface area contributed by atoms with Gasteiger partial charge in [0.25, 0.3) is 5.91 Å². The number of carbonyl (C=O) groups is 2. The first-order valence-corrected chi connectivity index (χ1v) is 10.7. The van der Waals surface area contributed by atoms with Gasteiger partial charge in [-0.2, -0.15) is 0 Å². The first-order valence-electron chi connectivity index (χ1n) is 9.79. The molecule has 0 saturated carbocycles. The van der Waals surface area contributed by atoms with E-state index < -0.39 is 18.5 Å². The number of aromatic nitrogens is 3. The summed E-state index contributed by atoms with van der Waals surface area (Å²) in [7, 11) is 0. The summed E-state index contributed by atoms with van der Waals surface area (Å²) < 4.78 is 5.17. The molecular formula is C24H16N4O3S. The number of esters is 1. The first-order chi connectivity index (χ1) is 15.7. The summed E-state index contributed by atoms with van der Waals surface area (Å²) >= 11 is 1.31. The van der Waals surface area contributed by atoms with Crippen LogP contribution in [0.4, 0.5) is 5.13 Å². The van der Waals surface area contributed by atoms with Gasteiger partial charge in [0.1, 0.15) is 5.52 Å². The zero-order chi connectivity index (χ0) is 21.9. The highest BCUT2D eigenvalue weighted by atomic mass is 32.1. The lowest BCUT2D eigenvalue weighted by atomic mass is 10.1. The van der Waals surface area contributed by atoms with E-state index in [9.17, 15) is 9.59 Å². The average Bonchev–Trinajstić information content (AvgIpc) is 3.30. The first kappa shape index (κ1) is 19.8. The molecule has 0 atom stereocenters. The van der Waals surface area contributed by atoms with Crippen LogP contribution in [0, 0.1) is 0 Å². The van der Waals surface area contributed by atoms with E-state index in [-0.39, 0.29) is 5.56 Å². The highest BCUT2D eigenvalue weighted by molar-refractivity contribution is 7.14. The molecule has 0 aliphatic rings. The normalized spacial score (nSPS) is 10.9. The lowest BCUT2D eigenvalue weighted by Crippen LogP contribution is -2.21. The minimum absolute atomic E-state index is 0.260. The SMILES string of the molecule is O=C(COC(=O)c1cccc2nccnc12)Nc1nc(-c2ccc3ccccc3c2)cs1. The van der Waals surface area contributed by atoms with E-state index in [2.05, 4.69) is 32.4 Å². The van der Waals surface area contributed by atoms with Crippen LogP contribution in [-0.4, -0.2) is 33.4 Å². The number of para-hydroxylation sites is 1. The molecule has 0 bridgehead atoms. The number of thiazole rings is 1. The average molecular weight is 440 g/mol. The maximum absolute atomic E-state index is 12.4. The van der Waals surface area contributed by atoms with E-state index in [1.54, 1.807) is 24.4 Å². The van der Waals surface area contributed by atoms with E-state index in [4.69, 9.17) is 4.74 Å². The summed E-state index contributed by atoms with van der Waals surface area (Å²) in [6.45, 7) is -0.430. The van der Waals surface area contributed by atoms with Crippen LogP contribution in [0.5, 0.6) is 0 Å². The maximum atomic E-state index is 12.4. The van der Waals surface area contributed by atoms with Crippen molar-refractivity contribution in [1.82, 2.24) is 15.0 Å². The number of rotatable bonds is 5. The number of hydrogen-bond donors (Lipinski definition) is 1. The number of nitrogens with zero attached hydrogens (tertiary/aromatic N) is 3. The summed E-state index contributed by atoms with van der Waals surface area (Å²) in [5.41, 5.74) is 3.00. The summed E-state index contributed by atoms with van der Waals surface area (Å²) in [5, 5.41) is 7.26. The molecule has 0 aliphatic heterocycles. The molecule has 0 spiro atoms. The molecule has 0 radical (unpaired) electrons. The fourth-order valence-electron chi connectivity index (χ4n) is 3.33. The van der Waals surface area contributed by atoms with Crippen LogP contribution in [0.2, 0.25) is 0 Å². The Morgan fingerprint density at radius 1 is 0.938 bits per heavy atom. The van der Waals surface area contributed by atoms with Crippen molar-refractivity contribution in [2.75, 3.05) is 11.9 Å². The lowest BCUT2D eigenvalue weighted by Gasteiger charge is -2.06. The van der Waals surface area contributed by atoms with E-state index in [1.165, 1.54) is 17.5 Å². The number of anilines is 1. The van der Waals surface area contributed by atoms with Gasteiger partial charge in [-0.15, -0.1) is 11.3 Å². The van der Waals surface area contributed by atoms with Crippen molar-refractivity contribution in [3.05, 3.63) is 84.0 Å². The number of benzene rings is 3. The predicted molar refractivity (Wildman–Crippen MR) is 124 cm³/mol. The van der Waals surface area contributed by atoms with Gasteiger partial charge >= 0.3 is 5.97 Å². The zero-order valence-corrected chi connectivity index (χ0v) is 17.5. The smallest absolute Gasteiger partial charge is 0.340 e. The Hall–Kier alpha value is -4.17. The predicted octanol–water partition coefficient (Wildman–Crippen LogP) is 4.70. The maximum Gasteiger partial charge on any atom is 0.340 e. The number of carbonyl (C=O) groups excluding carboxylic acids is 2. The van der Waals surface area contributed by atoms with Crippen molar-refractivity contribution < 1.29 is 14.3 Å². The molecular weight excluding hydrogens is 424 g/mol. The van der Waals surface area contributed by atoms with Crippen LogP contribution in [0.3, 0.4) is 0 Å². The van der Waals surface area contributed by atoms with Crippen LogP contribution in [0.1, 0.15) is 10.4 Å². The van der Waals surface area contributed by atoms with E-state index >= 15 is 0 Å². The summed E-state index contributed by atoms with van der Waals surface area (Å²) in [5.74, 6) is -1.11. The van der Waals surface area contributed by atoms with E-state index in [0.29, 0.717) is 16.2 Å². The van der Waals surface area contributed by atoms with Crippen molar-refractivity contribution in [2.24, 2.45) is 0 Å². The van der Waals surface area contributed by atoms with Gasteiger partial charge in [-0.25, -0.2) is 9.78 Å². The third-order valence-electron chi connectivity index (χ3n) is 4.85. The molecule has 0 fully saturated rings. The quantitative estimate of drug-likeness (QED) is 0.398. The molecule has 8 heteroatoms. The Morgan fingerprint density at radius 3 is 2.69 bits per heavy atom. The Morgan fingerprint density at radius 2 is 1.78 bits per heavy atom. The molecule has 0 saturated heterocycles. The Labute approximate surface area is 186 Å². The summed E-state index contributed by atoms with van der Waals surface area (Å²) in [6, 6.07) is 19.2. The van der Waals surface area contributed by atoms with Crippen LogP contribution >= 0.6 is 11.3 Å². The third-order valence-corrected chi connectivity index (χ3v) is 5.61. The monoisotopic (exact) mass is 440 g/mol. The molecule has 1 amide bonds. The topological polar surface area (TPSA) is 94.1 Å². The van der Waals surface area contributed by atoms with Gasteiger partial charge in [-0.3, -0.25) is 20.1 Å². The second-order valence-corrected chi connectivity index (χ2v) is 7.81. The minimum atomic E-state index is -0.637. The molecule has 1 N–H and O–H groups in total. The Kier molecular flexibility index (Phi) is 5.27. The second kappa shape index (κ2) is 8.52. The van der Waals surface area contributed by atoms with Gasteiger partial charge in [0, 0.05) is 23.3 Å². The highest BCUT2D eigenvalue weighted by Gasteiger charge is 2.15. The largest absolute Gasteiger partial charge is 0.452 e. The lowest BCUT2D eigenvalue weighted by molar-refractivity contribution is -0.119. The van der Waals surface area contributed by atoms with Gasteiger partial charge < -0.3 is 4.74 Å². The van der Waals surface area contributed by atoms with Crippen molar-refractivity contribution in [3.8, 4) is 11.3 Å². The number of fused-ring (bicyclic) bond motifs is 2. The molecule has 7 nitrogen and oxygen atoms in total. The fraction of sp³-hybridized carbons (Fsp3) is 0.0417. The molecule has 5 aromatic rings. The van der Waals surface area contributed by atoms with Gasteiger partial charge in [0.2, 0.25) is 0 Å². The Balaban J connectivity index is 1.24. The number of hydrogen-bond acceptors (Lipinski definition) is 7. The molecule has 2 heterocycles. The van der Waals surface area contributed by atoms with Crippen LogP contribution in [0.15, 0.2) is 78.4 Å². The third kappa shape index (κ3) is 4.03. The summed E-state index contributed by atoms with van der Waals surface area (Å²) in [4.78, 5) is 37.5. The molecule has 2 aromatic heterocycles. The van der Waals surface area contributed by atoms with E-state index in [1.807, 2.05) is 35.7 Å². The molecule has 156 valence electrons. The van der Waals surface area contributed by atoms with Crippen molar-refractivity contribution in [3.63, 3.8) is 0 Å².